The molecular formula is C16H34N2. The minimum Gasteiger partial charge on any atom is -0.317 e. The number of nitrogens with zero attached hydrogens (tertiary/aromatic N) is 1. The van der Waals surface area contributed by atoms with Crippen LogP contribution in [0.3, 0.4) is 0 Å². The van der Waals surface area contributed by atoms with E-state index in [0.717, 1.165) is 12.1 Å². The Balaban J connectivity index is 2.26. The maximum Gasteiger partial charge on any atom is 0.00954 e. The van der Waals surface area contributed by atoms with Crippen molar-refractivity contribution in [1.82, 2.24) is 10.2 Å². The third kappa shape index (κ3) is 5.71. The van der Waals surface area contributed by atoms with Crippen LogP contribution in [0.15, 0.2) is 0 Å². The molecule has 0 saturated carbocycles. The van der Waals surface area contributed by atoms with E-state index in [2.05, 4.69) is 31.0 Å². The van der Waals surface area contributed by atoms with E-state index in [4.69, 9.17) is 0 Å². The molecule has 1 fully saturated rings. The largest absolute Gasteiger partial charge is 0.317 e. The molecule has 1 aliphatic heterocycles. The fraction of sp³-hybridized carbons (Fsp3) is 1.00. The van der Waals surface area contributed by atoms with Crippen LogP contribution in [0.1, 0.15) is 72.1 Å². The van der Waals surface area contributed by atoms with Crippen LogP contribution in [0, 0.1) is 0 Å². The van der Waals surface area contributed by atoms with Gasteiger partial charge in [-0.2, -0.15) is 0 Å². The van der Waals surface area contributed by atoms with E-state index in [1.165, 1.54) is 71.0 Å². The van der Waals surface area contributed by atoms with Crippen molar-refractivity contribution >= 4 is 0 Å². The number of rotatable bonds is 8. The van der Waals surface area contributed by atoms with E-state index >= 15 is 0 Å². The summed E-state index contributed by atoms with van der Waals surface area (Å²) in [5.74, 6) is 0. The minimum atomic E-state index is 0.775. The Bertz CT molecular complexity index is 194. The van der Waals surface area contributed by atoms with Gasteiger partial charge >= 0.3 is 0 Å². The Morgan fingerprint density at radius 2 is 2.00 bits per heavy atom. The number of likely N-dealkylation sites (tertiary alicyclic amines) is 1. The van der Waals surface area contributed by atoms with Crippen molar-refractivity contribution < 1.29 is 0 Å². The summed E-state index contributed by atoms with van der Waals surface area (Å²) >= 11 is 0. The topological polar surface area (TPSA) is 15.3 Å². The molecule has 2 heteroatoms. The Kier molecular flexibility index (Phi) is 8.70. The van der Waals surface area contributed by atoms with Crippen molar-refractivity contribution in [2.75, 3.05) is 19.6 Å². The summed E-state index contributed by atoms with van der Waals surface area (Å²) < 4.78 is 0. The van der Waals surface area contributed by atoms with E-state index in [9.17, 15) is 0 Å². The van der Waals surface area contributed by atoms with Crippen LogP contribution >= 0.6 is 0 Å². The maximum absolute atomic E-state index is 3.51. The standard InChI is InChI=1S/C16H34N2/c1-4-12-17-13-9-10-15(3)18-14-8-6-7-11-16(18)5-2/h15-17H,4-14H2,1-3H3. The number of hydrogen-bond acceptors (Lipinski definition) is 2. The molecule has 2 unspecified atom stereocenters. The van der Waals surface area contributed by atoms with Crippen LogP contribution in [-0.4, -0.2) is 36.6 Å². The summed E-state index contributed by atoms with van der Waals surface area (Å²) in [5, 5.41) is 3.51. The molecule has 0 aliphatic carbocycles. The van der Waals surface area contributed by atoms with E-state index < -0.39 is 0 Å². The second-order valence-corrected chi connectivity index (χ2v) is 5.89. The van der Waals surface area contributed by atoms with Crippen LogP contribution in [0.4, 0.5) is 0 Å². The summed E-state index contributed by atoms with van der Waals surface area (Å²) in [6.07, 6.45) is 11.0. The van der Waals surface area contributed by atoms with Crippen molar-refractivity contribution in [2.45, 2.75) is 84.2 Å². The van der Waals surface area contributed by atoms with Gasteiger partial charge in [0.15, 0.2) is 0 Å². The third-order valence-electron chi connectivity index (χ3n) is 4.36. The molecule has 108 valence electrons. The monoisotopic (exact) mass is 254 g/mol. The Morgan fingerprint density at radius 3 is 2.72 bits per heavy atom. The molecule has 18 heavy (non-hydrogen) atoms. The van der Waals surface area contributed by atoms with Crippen molar-refractivity contribution in [2.24, 2.45) is 0 Å². The molecule has 2 atom stereocenters. The molecule has 1 heterocycles. The number of nitrogens with one attached hydrogen (secondary N) is 1. The average molecular weight is 254 g/mol. The molecule has 0 amide bonds. The maximum atomic E-state index is 3.51. The minimum absolute atomic E-state index is 0.775. The van der Waals surface area contributed by atoms with Crippen molar-refractivity contribution in [3.8, 4) is 0 Å². The van der Waals surface area contributed by atoms with Gasteiger partial charge in [0.25, 0.3) is 0 Å². The first-order chi connectivity index (χ1) is 8.79. The van der Waals surface area contributed by atoms with E-state index in [1.54, 1.807) is 0 Å². The van der Waals surface area contributed by atoms with E-state index in [-0.39, 0.29) is 0 Å². The molecule has 1 saturated heterocycles. The Hall–Kier alpha value is -0.0800. The van der Waals surface area contributed by atoms with Gasteiger partial charge in [0.2, 0.25) is 0 Å². The lowest BCUT2D eigenvalue weighted by atomic mass is 10.0. The average Bonchev–Trinajstić information content (AvgIpc) is 2.63. The first kappa shape index (κ1) is 16.0. The lowest BCUT2D eigenvalue weighted by Crippen LogP contribution is -2.41. The molecule has 0 aromatic heterocycles. The number of hydrogen-bond donors (Lipinski definition) is 1. The van der Waals surface area contributed by atoms with Crippen LogP contribution in [0.2, 0.25) is 0 Å². The summed E-state index contributed by atoms with van der Waals surface area (Å²) in [6, 6.07) is 1.63. The zero-order valence-electron chi connectivity index (χ0n) is 12.9. The fourth-order valence-electron chi connectivity index (χ4n) is 3.21. The van der Waals surface area contributed by atoms with Gasteiger partial charge in [0, 0.05) is 12.1 Å². The zero-order chi connectivity index (χ0) is 13.2. The SMILES string of the molecule is CCCNCCCC(C)N1CCCCCC1CC. The van der Waals surface area contributed by atoms with Crippen molar-refractivity contribution in [1.29, 1.82) is 0 Å². The summed E-state index contributed by atoms with van der Waals surface area (Å²) in [5.41, 5.74) is 0. The third-order valence-corrected chi connectivity index (χ3v) is 4.36. The molecule has 1 aliphatic rings. The molecule has 1 rings (SSSR count). The summed E-state index contributed by atoms with van der Waals surface area (Å²) in [7, 11) is 0. The van der Waals surface area contributed by atoms with Gasteiger partial charge in [0.1, 0.15) is 0 Å². The molecule has 0 aromatic carbocycles. The normalized spacial score (nSPS) is 23.8. The lowest BCUT2D eigenvalue weighted by molar-refractivity contribution is 0.134. The van der Waals surface area contributed by atoms with Gasteiger partial charge in [-0.05, 0) is 65.1 Å². The molecule has 1 N–H and O–H groups in total. The molecular weight excluding hydrogens is 220 g/mol. The van der Waals surface area contributed by atoms with Crippen molar-refractivity contribution in [3.63, 3.8) is 0 Å². The zero-order valence-corrected chi connectivity index (χ0v) is 12.9. The smallest absolute Gasteiger partial charge is 0.00954 e. The van der Waals surface area contributed by atoms with E-state index in [1.807, 2.05) is 0 Å². The predicted octanol–water partition coefficient (Wildman–Crippen LogP) is 3.81. The Morgan fingerprint density at radius 1 is 1.17 bits per heavy atom. The van der Waals surface area contributed by atoms with Gasteiger partial charge in [-0.15, -0.1) is 0 Å². The summed E-state index contributed by atoms with van der Waals surface area (Å²) in [6.45, 7) is 10.7. The highest BCUT2D eigenvalue weighted by molar-refractivity contribution is 4.79. The fourth-order valence-corrected chi connectivity index (χ4v) is 3.21. The van der Waals surface area contributed by atoms with Gasteiger partial charge in [0.05, 0.1) is 0 Å². The highest BCUT2D eigenvalue weighted by Gasteiger charge is 2.23. The molecule has 0 radical (unpaired) electrons. The molecule has 0 bridgehead atoms. The van der Waals surface area contributed by atoms with Crippen molar-refractivity contribution in [3.05, 3.63) is 0 Å². The predicted molar refractivity (Wildman–Crippen MR) is 81.1 cm³/mol. The van der Waals surface area contributed by atoms with Gasteiger partial charge < -0.3 is 5.32 Å². The van der Waals surface area contributed by atoms with Crippen LogP contribution in [-0.2, 0) is 0 Å². The summed E-state index contributed by atoms with van der Waals surface area (Å²) in [4.78, 5) is 2.80. The molecule has 0 aromatic rings. The van der Waals surface area contributed by atoms with Crippen LogP contribution < -0.4 is 5.32 Å². The first-order valence-corrected chi connectivity index (χ1v) is 8.26. The molecule has 0 spiro atoms. The quantitative estimate of drug-likeness (QED) is 0.663. The molecule has 2 nitrogen and oxygen atoms in total. The first-order valence-electron chi connectivity index (χ1n) is 8.26. The highest BCUT2D eigenvalue weighted by atomic mass is 15.2. The second-order valence-electron chi connectivity index (χ2n) is 5.89. The van der Waals surface area contributed by atoms with Gasteiger partial charge in [-0.25, -0.2) is 0 Å². The van der Waals surface area contributed by atoms with Gasteiger partial charge in [-0.3, -0.25) is 4.90 Å². The van der Waals surface area contributed by atoms with Crippen LogP contribution in [0.5, 0.6) is 0 Å². The Labute approximate surface area is 115 Å². The van der Waals surface area contributed by atoms with Crippen LogP contribution in [0.25, 0.3) is 0 Å². The second kappa shape index (κ2) is 9.80. The lowest BCUT2D eigenvalue weighted by Gasteiger charge is -2.35. The van der Waals surface area contributed by atoms with Gasteiger partial charge in [-0.1, -0.05) is 26.7 Å². The highest BCUT2D eigenvalue weighted by Crippen LogP contribution is 2.22. The van der Waals surface area contributed by atoms with E-state index in [0.29, 0.717) is 0 Å².